The van der Waals surface area contributed by atoms with Crippen LogP contribution < -0.4 is 15.8 Å². The Morgan fingerprint density at radius 1 is 1.32 bits per heavy atom. The van der Waals surface area contributed by atoms with E-state index >= 15 is 0 Å². The summed E-state index contributed by atoms with van der Waals surface area (Å²) in [5.74, 6) is 0.664. The van der Waals surface area contributed by atoms with E-state index in [1.807, 2.05) is 19.1 Å². The Morgan fingerprint density at radius 3 is 2.84 bits per heavy atom. The standard InChI is InChI=1S/C14H22N2O3/c1-2-18-10-5-8-14(17)16-9-11-19-13-7-4-3-6-12(13)15/h3-4,6-7H,2,5,8-11,15H2,1H3,(H,16,17). The third-order valence-electron chi connectivity index (χ3n) is 2.50. The number of anilines is 1. The van der Waals surface area contributed by atoms with Crippen molar-refractivity contribution in [1.29, 1.82) is 0 Å². The first-order valence-corrected chi connectivity index (χ1v) is 6.55. The molecule has 5 heteroatoms. The molecule has 0 aliphatic rings. The van der Waals surface area contributed by atoms with Gasteiger partial charge in [0.15, 0.2) is 0 Å². The molecule has 0 atom stereocenters. The average Bonchev–Trinajstić information content (AvgIpc) is 2.41. The number of benzene rings is 1. The number of nitrogens with two attached hydrogens (primary N) is 1. The van der Waals surface area contributed by atoms with E-state index in [1.54, 1.807) is 12.1 Å². The van der Waals surface area contributed by atoms with Crippen LogP contribution in [0.1, 0.15) is 19.8 Å². The minimum absolute atomic E-state index is 0.0179. The normalized spacial score (nSPS) is 10.2. The Labute approximate surface area is 114 Å². The van der Waals surface area contributed by atoms with Crippen molar-refractivity contribution >= 4 is 11.6 Å². The Hall–Kier alpha value is -1.75. The molecule has 0 saturated carbocycles. The second-order valence-corrected chi connectivity index (χ2v) is 4.04. The zero-order valence-corrected chi connectivity index (χ0v) is 11.4. The predicted octanol–water partition coefficient (Wildman–Crippen LogP) is 1.58. The zero-order valence-electron chi connectivity index (χ0n) is 11.4. The smallest absolute Gasteiger partial charge is 0.220 e. The minimum atomic E-state index is 0.0179. The fraction of sp³-hybridized carbons (Fsp3) is 0.500. The second-order valence-electron chi connectivity index (χ2n) is 4.04. The first-order valence-electron chi connectivity index (χ1n) is 6.55. The van der Waals surface area contributed by atoms with Crippen molar-refractivity contribution in [2.24, 2.45) is 0 Å². The summed E-state index contributed by atoms with van der Waals surface area (Å²) in [6, 6.07) is 7.29. The van der Waals surface area contributed by atoms with Gasteiger partial charge in [-0.05, 0) is 25.5 Å². The molecular weight excluding hydrogens is 244 g/mol. The van der Waals surface area contributed by atoms with Crippen LogP contribution in [0.2, 0.25) is 0 Å². The van der Waals surface area contributed by atoms with E-state index in [1.165, 1.54) is 0 Å². The van der Waals surface area contributed by atoms with E-state index in [4.69, 9.17) is 15.2 Å². The highest BCUT2D eigenvalue weighted by molar-refractivity contribution is 5.75. The van der Waals surface area contributed by atoms with Gasteiger partial charge in [0.1, 0.15) is 12.4 Å². The molecule has 0 saturated heterocycles. The summed E-state index contributed by atoms with van der Waals surface area (Å²) in [6.07, 6.45) is 1.22. The molecule has 19 heavy (non-hydrogen) atoms. The SMILES string of the molecule is CCOCCCC(=O)NCCOc1ccccc1N. The number of nitrogen functional groups attached to an aromatic ring is 1. The van der Waals surface area contributed by atoms with Gasteiger partial charge in [0.05, 0.1) is 12.2 Å². The zero-order chi connectivity index (χ0) is 13.9. The lowest BCUT2D eigenvalue weighted by Crippen LogP contribution is -2.28. The van der Waals surface area contributed by atoms with Gasteiger partial charge in [0, 0.05) is 19.6 Å². The van der Waals surface area contributed by atoms with Gasteiger partial charge in [0.25, 0.3) is 0 Å². The molecule has 0 radical (unpaired) electrons. The van der Waals surface area contributed by atoms with Crippen molar-refractivity contribution in [1.82, 2.24) is 5.32 Å². The first kappa shape index (κ1) is 15.3. The highest BCUT2D eigenvalue weighted by Crippen LogP contribution is 2.19. The van der Waals surface area contributed by atoms with Crippen molar-refractivity contribution in [2.45, 2.75) is 19.8 Å². The van der Waals surface area contributed by atoms with Crippen LogP contribution in [0.3, 0.4) is 0 Å². The van der Waals surface area contributed by atoms with E-state index in [9.17, 15) is 4.79 Å². The highest BCUT2D eigenvalue weighted by atomic mass is 16.5. The molecule has 3 N–H and O–H groups in total. The molecule has 1 amide bonds. The lowest BCUT2D eigenvalue weighted by atomic mass is 10.3. The van der Waals surface area contributed by atoms with Crippen molar-refractivity contribution < 1.29 is 14.3 Å². The van der Waals surface area contributed by atoms with Crippen LogP contribution in [0, 0.1) is 0 Å². The number of hydrogen-bond acceptors (Lipinski definition) is 4. The monoisotopic (exact) mass is 266 g/mol. The molecule has 1 aromatic carbocycles. The van der Waals surface area contributed by atoms with Crippen molar-refractivity contribution in [3.63, 3.8) is 0 Å². The summed E-state index contributed by atoms with van der Waals surface area (Å²) in [5, 5.41) is 2.79. The molecule has 106 valence electrons. The van der Waals surface area contributed by atoms with Gasteiger partial charge < -0.3 is 20.5 Å². The molecule has 1 rings (SSSR count). The molecule has 0 aliphatic carbocycles. The third kappa shape index (κ3) is 6.67. The summed E-state index contributed by atoms with van der Waals surface area (Å²) in [4.78, 5) is 11.4. The average molecular weight is 266 g/mol. The number of carbonyl (C=O) groups is 1. The number of nitrogens with one attached hydrogen (secondary N) is 1. The first-order chi connectivity index (χ1) is 9.24. The topological polar surface area (TPSA) is 73.6 Å². The molecule has 0 aliphatic heterocycles. The van der Waals surface area contributed by atoms with Crippen LogP contribution in [0.5, 0.6) is 5.75 Å². The molecule has 5 nitrogen and oxygen atoms in total. The Morgan fingerprint density at radius 2 is 2.11 bits per heavy atom. The largest absolute Gasteiger partial charge is 0.490 e. The van der Waals surface area contributed by atoms with Crippen molar-refractivity contribution in [3.05, 3.63) is 24.3 Å². The quantitative estimate of drug-likeness (QED) is 0.526. The molecule has 0 bridgehead atoms. The maximum atomic E-state index is 11.4. The number of ether oxygens (including phenoxy) is 2. The molecular formula is C14H22N2O3. The van der Waals surface area contributed by atoms with Gasteiger partial charge in [-0.25, -0.2) is 0 Å². The van der Waals surface area contributed by atoms with Crippen LogP contribution in [-0.4, -0.2) is 32.3 Å². The maximum Gasteiger partial charge on any atom is 0.220 e. The minimum Gasteiger partial charge on any atom is -0.490 e. The van der Waals surface area contributed by atoms with Gasteiger partial charge in [-0.15, -0.1) is 0 Å². The second kappa shape index (κ2) is 9.22. The van der Waals surface area contributed by atoms with Crippen molar-refractivity contribution in [3.8, 4) is 5.75 Å². The van der Waals surface area contributed by atoms with Crippen LogP contribution in [0.4, 0.5) is 5.69 Å². The van der Waals surface area contributed by atoms with E-state index in [2.05, 4.69) is 5.32 Å². The molecule has 0 unspecified atom stereocenters. The summed E-state index contributed by atoms with van der Waals surface area (Å²) in [6.45, 7) is 4.13. The lowest BCUT2D eigenvalue weighted by molar-refractivity contribution is -0.121. The lowest BCUT2D eigenvalue weighted by Gasteiger charge is -2.09. The highest BCUT2D eigenvalue weighted by Gasteiger charge is 2.01. The molecule has 0 aromatic heterocycles. The number of para-hydroxylation sites is 2. The van der Waals surface area contributed by atoms with Crippen LogP contribution >= 0.6 is 0 Å². The van der Waals surface area contributed by atoms with E-state index in [-0.39, 0.29) is 5.91 Å². The Kier molecular flexibility index (Phi) is 7.43. The van der Waals surface area contributed by atoms with Crippen molar-refractivity contribution in [2.75, 3.05) is 32.1 Å². The van der Waals surface area contributed by atoms with Crippen LogP contribution in [0.15, 0.2) is 24.3 Å². The number of carbonyl (C=O) groups excluding carboxylic acids is 1. The Balaban J connectivity index is 2.07. The van der Waals surface area contributed by atoms with Gasteiger partial charge in [-0.1, -0.05) is 12.1 Å². The summed E-state index contributed by atoms with van der Waals surface area (Å²) in [7, 11) is 0. The third-order valence-corrected chi connectivity index (χ3v) is 2.50. The van der Waals surface area contributed by atoms with E-state index < -0.39 is 0 Å². The van der Waals surface area contributed by atoms with Crippen LogP contribution in [0.25, 0.3) is 0 Å². The summed E-state index contributed by atoms with van der Waals surface area (Å²) < 4.78 is 10.6. The Bertz CT molecular complexity index is 383. The van der Waals surface area contributed by atoms with Gasteiger partial charge in [0.2, 0.25) is 5.91 Å². The van der Waals surface area contributed by atoms with Gasteiger partial charge in [-0.3, -0.25) is 4.79 Å². The fourth-order valence-electron chi connectivity index (χ4n) is 1.53. The summed E-state index contributed by atoms with van der Waals surface area (Å²) >= 11 is 0. The van der Waals surface area contributed by atoms with E-state index in [0.717, 1.165) is 6.42 Å². The fourth-order valence-corrected chi connectivity index (χ4v) is 1.53. The van der Waals surface area contributed by atoms with Gasteiger partial charge in [-0.2, -0.15) is 0 Å². The molecule has 0 heterocycles. The molecule has 0 spiro atoms. The number of hydrogen-bond donors (Lipinski definition) is 2. The van der Waals surface area contributed by atoms with Crippen LogP contribution in [-0.2, 0) is 9.53 Å². The summed E-state index contributed by atoms with van der Waals surface area (Å²) in [5.41, 5.74) is 6.33. The molecule has 0 fully saturated rings. The number of rotatable bonds is 9. The predicted molar refractivity (Wildman–Crippen MR) is 75.1 cm³/mol. The maximum absolute atomic E-state index is 11.4. The van der Waals surface area contributed by atoms with Gasteiger partial charge >= 0.3 is 0 Å². The van der Waals surface area contributed by atoms with E-state index in [0.29, 0.717) is 44.2 Å². The molecule has 1 aromatic rings. The number of amides is 1.